The van der Waals surface area contributed by atoms with Gasteiger partial charge < -0.3 is 5.21 Å². The minimum Gasteiger partial charge on any atom is -0.411 e. The fourth-order valence-corrected chi connectivity index (χ4v) is 5.06. The van der Waals surface area contributed by atoms with Gasteiger partial charge in [-0.3, -0.25) is 9.63 Å². The van der Waals surface area contributed by atoms with E-state index in [0.29, 0.717) is 17.7 Å². The van der Waals surface area contributed by atoms with Crippen LogP contribution in [0.15, 0.2) is 65.8 Å². The number of piperidine rings is 1. The largest absolute Gasteiger partial charge is 0.411 e. The number of ketones is 1. The molecule has 32 heavy (non-hydrogen) atoms. The summed E-state index contributed by atoms with van der Waals surface area (Å²) >= 11 is 0. The van der Waals surface area contributed by atoms with E-state index in [9.17, 15) is 10.0 Å². The molecule has 1 fully saturated rings. The smallest absolute Gasteiger partial charge is 0.172 e. The van der Waals surface area contributed by atoms with E-state index in [1.165, 1.54) is 0 Å². The zero-order valence-electron chi connectivity index (χ0n) is 20.1. The van der Waals surface area contributed by atoms with Crippen molar-refractivity contribution in [3.8, 4) is 0 Å². The standard InChI is InChI=1S/C27H36N2O3/c1-7-26(5)19(3)23(24(30)22-17-13-10-14-18-22)25(28-31)27(6,8-2)29(26)32-20(4)21-15-11-9-12-16-21/h9-20,23,31H,7-8H2,1-6H3. The molecule has 0 amide bonds. The highest BCUT2D eigenvalue weighted by Crippen LogP contribution is 2.49. The number of hydroxylamine groups is 2. The Kier molecular flexibility index (Phi) is 7.21. The lowest BCUT2D eigenvalue weighted by molar-refractivity contribution is -0.303. The molecule has 5 nitrogen and oxygen atoms in total. The van der Waals surface area contributed by atoms with Crippen LogP contribution in [0.5, 0.6) is 0 Å². The Bertz CT molecular complexity index is 946. The van der Waals surface area contributed by atoms with E-state index >= 15 is 0 Å². The lowest BCUT2D eigenvalue weighted by atomic mass is 9.62. The third kappa shape index (κ3) is 4.00. The average Bonchev–Trinajstić information content (AvgIpc) is 2.84. The van der Waals surface area contributed by atoms with Gasteiger partial charge in [0, 0.05) is 11.1 Å². The molecule has 0 radical (unpaired) electrons. The predicted molar refractivity (Wildman–Crippen MR) is 128 cm³/mol. The van der Waals surface area contributed by atoms with Gasteiger partial charge in [-0.25, -0.2) is 0 Å². The number of benzene rings is 2. The third-order valence-electron chi connectivity index (χ3n) is 7.62. The van der Waals surface area contributed by atoms with Crippen molar-refractivity contribution in [2.75, 3.05) is 0 Å². The first-order valence-corrected chi connectivity index (χ1v) is 11.6. The SMILES string of the molecule is CCC1(C)C(=NO)C(C(=O)c2ccccc2)C(C)C(C)(CC)N1OC(C)c1ccccc1. The predicted octanol–water partition coefficient (Wildman–Crippen LogP) is 6.30. The molecule has 1 aliphatic rings. The van der Waals surface area contributed by atoms with Crippen LogP contribution in [0.2, 0.25) is 0 Å². The lowest BCUT2D eigenvalue weighted by Gasteiger charge is -2.59. The number of carbonyl (C=O) groups excluding carboxylic acids is 1. The maximum atomic E-state index is 13.7. The van der Waals surface area contributed by atoms with Gasteiger partial charge in [-0.05, 0) is 45.1 Å². The van der Waals surface area contributed by atoms with Crippen molar-refractivity contribution in [3.05, 3.63) is 71.8 Å². The fourth-order valence-electron chi connectivity index (χ4n) is 5.06. The van der Waals surface area contributed by atoms with Crippen LogP contribution >= 0.6 is 0 Å². The van der Waals surface area contributed by atoms with Gasteiger partial charge in [-0.1, -0.05) is 86.6 Å². The maximum Gasteiger partial charge on any atom is 0.172 e. The Morgan fingerprint density at radius 1 is 1.06 bits per heavy atom. The Balaban J connectivity index is 2.09. The van der Waals surface area contributed by atoms with E-state index in [1.54, 1.807) is 0 Å². The topological polar surface area (TPSA) is 62.1 Å². The molecule has 0 saturated carbocycles. The highest BCUT2D eigenvalue weighted by molar-refractivity contribution is 6.15. The summed E-state index contributed by atoms with van der Waals surface area (Å²) in [6.07, 6.45) is 1.22. The highest BCUT2D eigenvalue weighted by Gasteiger charge is 2.60. The van der Waals surface area contributed by atoms with Gasteiger partial charge in [0.2, 0.25) is 0 Å². The number of carbonyl (C=O) groups is 1. The number of oxime groups is 1. The summed E-state index contributed by atoms with van der Waals surface area (Å²) in [5.41, 5.74) is 0.977. The average molecular weight is 437 g/mol. The second-order valence-corrected chi connectivity index (χ2v) is 9.27. The van der Waals surface area contributed by atoms with Crippen molar-refractivity contribution in [1.82, 2.24) is 5.06 Å². The van der Waals surface area contributed by atoms with E-state index in [4.69, 9.17) is 4.84 Å². The molecule has 1 heterocycles. The van der Waals surface area contributed by atoms with Gasteiger partial charge in [0.05, 0.1) is 17.2 Å². The van der Waals surface area contributed by atoms with Gasteiger partial charge in [-0.2, -0.15) is 5.06 Å². The van der Waals surface area contributed by atoms with Crippen LogP contribution in [0.1, 0.15) is 76.4 Å². The minimum atomic E-state index is -0.746. The summed E-state index contributed by atoms with van der Waals surface area (Å²) in [5, 5.41) is 16.0. The zero-order valence-corrected chi connectivity index (χ0v) is 20.1. The van der Waals surface area contributed by atoms with Crippen LogP contribution in [0.4, 0.5) is 0 Å². The summed E-state index contributed by atoms with van der Waals surface area (Å²) in [6, 6.07) is 19.4. The van der Waals surface area contributed by atoms with Crippen LogP contribution < -0.4 is 0 Å². The first-order chi connectivity index (χ1) is 15.2. The number of nitrogens with zero attached hydrogens (tertiary/aromatic N) is 2. The van der Waals surface area contributed by atoms with E-state index in [1.807, 2.05) is 86.5 Å². The van der Waals surface area contributed by atoms with Crippen LogP contribution in [-0.2, 0) is 4.84 Å². The van der Waals surface area contributed by atoms with Gasteiger partial charge in [0.15, 0.2) is 5.78 Å². The zero-order chi connectivity index (χ0) is 23.5. The van der Waals surface area contributed by atoms with Crippen molar-refractivity contribution in [3.63, 3.8) is 0 Å². The Morgan fingerprint density at radius 3 is 2.12 bits per heavy atom. The molecule has 5 heteroatoms. The Morgan fingerprint density at radius 2 is 1.62 bits per heavy atom. The van der Waals surface area contributed by atoms with Crippen molar-refractivity contribution in [1.29, 1.82) is 0 Å². The van der Waals surface area contributed by atoms with Gasteiger partial charge in [0.1, 0.15) is 6.10 Å². The molecule has 1 aliphatic heterocycles. The number of hydrogen-bond donors (Lipinski definition) is 1. The summed E-state index contributed by atoms with van der Waals surface area (Å²) in [4.78, 5) is 20.3. The van der Waals surface area contributed by atoms with E-state index in [-0.39, 0.29) is 17.8 Å². The molecule has 0 aromatic heterocycles. The van der Waals surface area contributed by atoms with E-state index < -0.39 is 17.0 Å². The van der Waals surface area contributed by atoms with Gasteiger partial charge in [0.25, 0.3) is 0 Å². The molecular weight excluding hydrogens is 400 g/mol. The van der Waals surface area contributed by atoms with Crippen molar-refractivity contribution in [2.24, 2.45) is 17.0 Å². The summed E-state index contributed by atoms with van der Waals surface area (Å²) in [6.45, 7) is 12.4. The second kappa shape index (κ2) is 9.55. The van der Waals surface area contributed by atoms with Crippen LogP contribution in [-0.4, -0.2) is 32.8 Å². The highest BCUT2D eigenvalue weighted by atomic mass is 16.7. The molecule has 2 aromatic carbocycles. The monoisotopic (exact) mass is 436 g/mol. The van der Waals surface area contributed by atoms with Crippen LogP contribution in [0, 0.1) is 11.8 Å². The van der Waals surface area contributed by atoms with E-state index in [0.717, 1.165) is 12.0 Å². The molecule has 0 bridgehead atoms. The molecule has 0 spiro atoms. The Hall–Kier alpha value is -2.50. The van der Waals surface area contributed by atoms with E-state index in [2.05, 4.69) is 25.9 Å². The first-order valence-electron chi connectivity index (χ1n) is 11.6. The molecule has 3 rings (SSSR count). The molecule has 1 saturated heterocycles. The normalized spacial score (nSPS) is 30.9. The number of hydrogen-bond acceptors (Lipinski definition) is 5. The second-order valence-electron chi connectivity index (χ2n) is 9.27. The van der Waals surface area contributed by atoms with Crippen molar-refractivity contribution >= 4 is 11.5 Å². The third-order valence-corrected chi connectivity index (χ3v) is 7.62. The minimum absolute atomic E-state index is 0.0130. The number of rotatable bonds is 7. The summed E-state index contributed by atoms with van der Waals surface area (Å²) in [5.74, 6) is -0.682. The summed E-state index contributed by atoms with van der Waals surface area (Å²) in [7, 11) is 0. The molecule has 2 aromatic rings. The van der Waals surface area contributed by atoms with Crippen molar-refractivity contribution in [2.45, 2.75) is 71.6 Å². The molecule has 172 valence electrons. The van der Waals surface area contributed by atoms with Crippen molar-refractivity contribution < 1.29 is 14.8 Å². The molecule has 5 unspecified atom stereocenters. The van der Waals surface area contributed by atoms with Gasteiger partial charge >= 0.3 is 0 Å². The van der Waals surface area contributed by atoms with Crippen LogP contribution in [0.3, 0.4) is 0 Å². The number of Topliss-reactive ketones (excluding diaryl/α,β-unsaturated/α-hetero) is 1. The maximum absolute atomic E-state index is 13.7. The Labute approximate surface area is 192 Å². The molecule has 5 atom stereocenters. The molecule has 0 aliphatic carbocycles. The van der Waals surface area contributed by atoms with Crippen LogP contribution in [0.25, 0.3) is 0 Å². The summed E-state index contributed by atoms with van der Waals surface area (Å²) < 4.78 is 0. The fraction of sp³-hybridized carbons (Fsp3) is 0.481. The quantitative estimate of drug-likeness (QED) is 0.314. The molecular formula is C27H36N2O3. The van der Waals surface area contributed by atoms with Gasteiger partial charge in [-0.15, -0.1) is 0 Å². The first kappa shape index (κ1) is 24.1. The lowest BCUT2D eigenvalue weighted by Crippen LogP contribution is -2.71. The molecule has 1 N–H and O–H groups in total.